The van der Waals surface area contributed by atoms with Gasteiger partial charge in [0.25, 0.3) is 5.91 Å². The Labute approximate surface area is 108 Å². The molecule has 0 fully saturated rings. The molecule has 18 heavy (non-hydrogen) atoms. The van der Waals surface area contributed by atoms with Crippen molar-refractivity contribution in [2.75, 3.05) is 20.3 Å². The predicted molar refractivity (Wildman–Crippen MR) is 70.9 cm³/mol. The largest absolute Gasteiger partial charge is 0.496 e. The van der Waals surface area contributed by atoms with Crippen molar-refractivity contribution in [2.45, 2.75) is 20.3 Å². The molecule has 0 bridgehead atoms. The number of aryl methyl sites for hydroxylation is 1. The Bertz CT molecular complexity index is 404. The van der Waals surface area contributed by atoms with Crippen molar-refractivity contribution in [3.8, 4) is 5.75 Å². The molecule has 0 saturated heterocycles. The normalized spacial score (nSPS) is 12.0. The van der Waals surface area contributed by atoms with Gasteiger partial charge in [0.05, 0.1) is 7.11 Å². The summed E-state index contributed by atoms with van der Waals surface area (Å²) < 4.78 is 5.19. The van der Waals surface area contributed by atoms with Crippen LogP contribution < -0.4 is 10.1 Å². The lowest BCUT2D eigenvalue weighted by molar-refractivity contribution is 0.0945. The minimum Gasteiger partial charge on any atom is -0.496 e. The molecule has 1 amide bonds. The number of carbonyl (C=O) groups excluding carboxylic acids is 1. The van der Waals surface area contributed by atoms with Crippen molar-refractivity contribution in [1.29, 1.82) is 0 Å². The first kappa shape index (κ1) is 14.5. The molecular formula is C14H21NO3. The smallest absolute Gasteiger partial charge is 0.251 e. The zero-order valence-corrected chi connectivity index (χ0v) is 11.2. The first-order chi connectivity index (χ1) is 8.58. The minimum atomic E-state index is -0.113. The second-order valence-corrected chi connectivity index (χ2v) is 4.51. The second-order valence-electron chi connectivity index (χ2n) is 4.51. The summed E-state index contributed by atoms with van der Waals surface area (Å²) in [4.78, 5) is 11.9. The lowest BCUT2D eigenvalue weighted by atomic mass is 10.1. The van der Waals surface area contributed by atoms with Gasteiger partial charge in [-0.3, -0.25) is 4.79 Å². The fraction of sp³-hybridized carbons (Fsp3) is 0.500. The maximum atomic E-state index is 11.9. The van der Waals surface area contributed by atoms with E-state index in [1.54, 1.807) is 19.2 Å². The van der Waals surface area contributed by atoms with Gasteiger partial charge < -0.3 is 15.2 Å². The molecule has 0 aliphatic carbocycles. The maximum absolute atomic E-state index is 11.9. The number of methoxy groups -OCH3 is 1. The number of hydrogen-bond donors (Lipinski definition) is 2. The van der Waals surface area contributed by atoms with Crippen LogP contribution in [-0.4, -0.2) is 31.3 Å². The minimum absolute atomic E-state index is 0.113. The summed E-state index contributed by atoms with van der Waals surface area (Å²) in [7, 11) is 1.59. The quantitative estimate of drug-likeness (QED) is 0.810. The molecule has 1 unspecified atom stereocenters. The molecule has 0 spiro atoms. The van der Waals surface area contributed by atoms with Crippen molar-refractivity contribution in [2.24, 2.45) is 5.92 Å². The van der Waals surface area contributed by atoms with Gasteiger partial charge in [0, 0.05) is 18.7 Å². The highest BCUT2D eigenvalue weighted by molar-refractivity contribution is 5.94. The van der Waals surface area contributed by atoms with Gasteiger partial charge in [0.15, 0.2) is 0 Å². The van der Waals surface area contributed by atoms with Gasteiger partial charge in [0.1, 0.15) is 5.75 Å². The highest BCUT2D eigenvalue weighted by Crippen LogP contribution is 2.18. The Balaban J connectivity index is 2.61. The molecule has 100 valence electrons. The van der Waals surface area contributed by atoms with Crippen LogP contribution in [0.2, 0.25) is 0 Å². The monoisotopic (exact) mass is 251 g/mol. The highest BCUT2D eigenvalue weighted by Gasteiger charge is 2.09. The molecule has 0 radical (unpaired) electrons. The van der Waals surface area contributed by atoms with Crippen molar-refractivity contribution >= 4 is 5.91 Å². The van der Waals surface area contributed by atoms with Crippen molar-refractivity contribution < 1.29 is 14.6 Å². The fourth-order valence-electron chi connectivity index (χ4n) is 1.65. The van der Waals surface area contributed by atoms with Crippen LogP contribution in [-0.2, 0) is 0 Å². The van der Waals surface area contributed by atoms with Gasteiger partial charge in [-0.25, -0.2) is 0 Å². The van der Waals surface area contributed by atoms with E-state index in [2.05, 4.69) is 5.32 Å². The topological polar surface area (TPSA) is 58.6 Å². The maximum Gasteiger partial charge on any atom is 0.251 e. The van der Waals surface area contributed by atoms with Crippen LogP contribution in [0.5, 0.6) is 5.75 Å². The average Bonchev–Trinajstić information content (AvgIpc) is 2.37. The molecule has 2 N–H and O–H groups in total. The van der Waals surface area contributed by atoms with Gasteiger partial charge in [-0.1, -0.05) is 13.0 Å². The number of ether oxygens (including phenoxy) is 1. The summed E-state index contributed by atoms with van der Waals surface area (Å²) in [6.07, 6.45) is 0.692. The number of amides is 1. The number of nitrogens with one attached hydrogen (secondary N) is 1. The Morgan fingerprint density at radius 3 is 2.83 bits per heavy atom. The Kier molecular flexibility index (Phi) is 5.65. The van der Waals surface area contributed by atoms with E-state index in [4.69, 9.17) is 9.84 Å². The van der Waals surface area contributed by atoms with Gasteiger partial charge >= 0.3 is 0 Å². The first-order valence-corrected chi connectivity index (χ1v) is 6.12. The lowest BCUT2D eigenvalue weighted by Crippen LogP contribution is -2.28. The summed E-state index contributed by atoms with van der Waals surface area (Å²) in [5, 5.41) is 11.6. The molecular weight excluding hydrogens is 230 g/mol. The molecule has 4 heteroatoms. The van der Waals surface area contributed by atoms with Crippen LogP contribution in [0, 0.1) is 12.8 Å². The van der Waals surface area contributed by atoms with Crippen molar-refractivity contribution in [3.05, 3.63) is 29.3 Å². The highest BCUT2D eigenvalue weighted by atomic mass is 16.5. The average molecular weight is 251 g/mol. The van der Waals surface area contributed by atoms with E-state index in [1.807, 2.05) is 19.9 Å². The fourth-order valence-corrected chi connectivity index (χ4v) is 1.65. The molecule has 1 atom stereocenters. The third-order valence-electron chi connectivity index (χ3n) is 2.90. The molecule has 0 aromatic heterocycles. The van der Waals surface area contributed by atoms with Gasteiger partial charge in [-0.2, -0.15) is 0 Å². The summed E-state index contributed by atoms with van der Waals surface area (Å²) in [5.74, 6) is 0.871. The van der Waals surface area contributed by atoms with Gasteiger partial charge in [-0.15, -0.1) is 0 Å². The van der Waals surface area contributed by atoms with Crippen LogP contribution in [0.25, 0.3) is 0 Å². The molecule has 4 nitrogen and oxygen atoms in total. The molecule has 1 aromatic carbocycles. The molecule has 1 aromatic rings. The van der Waals surface area contributed by atoms with Crippen LogP contribution in [0.15, 0.2) is 18.2 Å². The van der Waals surface area contributed by atoms with Gasteiger partial charge in [0.2, 0.25) is 0 Å². The number of carbonyl (C=O) groups is 1. The van der Waals surface area contributed by atoms with Crippen LogP contribution in [0.1, 0.15) is 29.3 Å². The summed E-state index contributed by atoms with van der Waals surface area (Å²) in [5.41, 5.74) is 1.59. The summed E-state index contributed by atoms with van der Waals surface area (Å²) in [6, 6.07) is 5.39. The third-order valence-corrected chi connectivity index (χ3v) is 2.90. The summed E-state index contributed by atoms with van der Waals surface area (Å²) in [6.45, 7) is 4.64. The van der Waals surface area contributed by atoms with E-state index in [0.717, 1.165) is 5.56 Å². The molecule has 0 aliphatic rings. The van der Waals surface area contributed by atoms with E-state index in [-0.39, 0.29) is 18.4 Å². The number of rotatable bonds is 6. The Morgan fingerprint density at radius 2 is 2.22 bits per heavy atom. The van der Waals surface area contributed by atoms with Crippen LogP contribution >= 0.6 is 0 Å². The lowest BCUT2D eigenvalue weighted by Gasteiger charge is -2.12. The van der Waals surface area contributed by atoms with Crippen molar-refractivity contribution in [3.63, 3.8) is 0 Å². The van der Waals surface area contributed by atoms with E-state index >= 15 is 0 Å². The Morgan fingerprint density at radius 1 is 1.50 bits per heavy atom. The third kappa shape index (κ3) is 4.04. The number of hydrogen-bond acceptors (Lipinski definition) is 3. The van der Waals surface area contributed by atoms with E-state index in [9.17, 15) is 4.79 Å². The standard InChI is InChI=1S/C14H21NO3/c1-10(6-7-16)9-15-14(17)12-5-4-11(2)13(8-12)18-3/h4-5,8,10,16H,6-7,9H2,1-3H3,(H,15,17). The van der Waals surface area contributed by atoms with Crippen molar-refractivity contribution in [1.82, 2.24) is 5.32 Å². The van der Waals surface area contributed by atoms with E-state index < -0.39 is 0 Å². The second kappa shape index (κ2) is 7.01. The zero-order valence-electron chi connectivity index (χ0n) is 11.2. The molecule has 0 aliphatic heterocycles. The Hall–Kier alpha value is -1.55. The molecule has 0 heterocycles. The van der Waals surface area contributed by atoms with Gasteiger partial charge in [-0.05, 0) is 37.0 Å². The SMILES string of the molecule is COc1cc(C(=O)NCC(C)CCO)ccc1C. The summed E-state index contributed by atoms with van der Waals surface area (Å²) >= 11 is 0. The molecule has 1 rings (SSSR count). The van der Waals surface area contributed by atoms with Crippen LogP contribution in [0.4, 0.5) is 0 Å². The van der Waals surface area contributed by atoms with Crippen LogP contribution in [0.3, 0.4) is 0 Å². The zero-order chi connectivity index (χ0) is 13.5. The number of aliphatic hydroxyl groups is 1. The predicted octanol–water partition coefficient (Wildman–Crippen LogP) is 1.75. The molecule has 0 saturated carbocycles. The number of aliphatic hydroxyl groups excluding tert-OH is 1. The first-order valence-electron chi connectivity index (χ1n) is 6.12. The number of benzene rings is 1. The van der Waals surface area contributed by atoms with E-state index in [1.165, 1.54) is 0 Å². The van der Waals surface area contributed by atoms with E-state index in [0.29, 0.717) is 24.3 Å².